The Morgan fingerprint density at radius 3 is 2.79 bits per heavy atom. The molecule has 1 aromatic rings. The zero-order chi connectivity index (χ0) is 10.7. The summed E-state index contributed by atoms with van der Waals surface area (Å²) in [5, 5.41) is 0.158. The molecule has 1 heterocycles. The number of esters is 1. The topological polar surface area (TPSA) is 72.0 Å². The molecule has 0 bridgehead atoms. The Balaban J connectivity index is 3.31. The van der Waals surface area contributed by atoms with Gasteiger partial charge in [0.15, 0.2) is 0 Å². The van der Waals surface area contributed by atoms with E-state index in [0.29, 0.717) is 12.1 Å². The molecule has 14 heavy (non-hydrogen) atoms. The average molecular weight is 217 g/mol. The van der Waals surface area contributed by atoms with Gasteiger partial charge in [-0.15, -0.1) is 0 Å². The van der Waals surface area contributed by atoms with E-state index in [9.17, 15) is 9.59 Å². The Bertz CT molecular complexity index is 414. The Hall–Kier alpha value is -1.36. The molecule has 0 aliphatic heterocycles. The smallest absolute Gasteiger partial charge is 0.362 e. The third kappa shape index (κ3) is 1.93. The second-order valence-electron chi connectivity index (χ2n) is 2.52. The molecule has 0 radical (unpaired) electrons. The van der Waals surface area contributed by atoms with Gasteiger partial charge in [-0.1, -0.05) is 18.5 Å². The van der Waals surface area contributed by atoms with Gasteiger partial charge in [-0.05, 0) is 6.42 Å². The summed E-state index contributed by atoms with van der Waals surface area (Å²) in [4.78, 5) is 28.4. The van der Waals surface area contributed by atoms with Crippen molar-refractivity contribution in [1.29, 1.82) is 0 Å². The highest BCUT2D eigenvalue weighted by molar-refractivity contribution is 6.30. The number of aryl methyl sites for hydroxylation is 1. The first kappa shape index (κ1) is 10.7. The van der Waals surface area contributed by atoms with E-state index in [1.807, 2.05) is 6.92 Å². The molecule has 0 saturated carbocycles. The molecule has 0 spiro atoms. The van der Waals surface area contributed by atoms with Gasteiger partial charge in [0, 0.05) is 0 Å². The molecule has 5 nitrogen and oxygen atoms in total. The van der Waals surface area contributed by atoms with Gasteiger partial charge in [0.2, 0.25) is 5.69 Å². The van der Waals surface area contributed by atoms with Gasteiger partial charge in [-0.2, -0.15) is 0 Å². The van der Waals surface area contributed by atoms with Crippen LogP contribution in [0.15, 0.2) is 4.79 Å². The van der Waals surface area contributed by atoms with Crippen molar-refractivity contribution >= 4 is 17.6 Å². The third-order valence-corrected chi connectivity index (χ3v) is 1.96. The predicted molar refractivity (Wildman–Crippen MR) is 50.6 cm³/mol. The number of ether oxygens (including phenoxy) is 1. The van der Waals surface area contributed by atoms with E-state index in [0.717, 1.165) is 0 Å². The predicted octanol–water partition coefficient (Wildman–Crippen LogP) is 0.772. The summed E-state index contributed by atoms with van der Waals surface area (Å²) >= 11 is 5.68. The molecule has 0 unspecified atom stereocenters. The third-order valence-electron chi connectivity index (χ3n) is 1.65. The molecule has 0 amide bonds. The Kier molecular flexibility index (Phi) is 3.24. The lowest BCUT2D eigenvalue weighted by atomic mass is 10.3. The highest BCUT2D eigenvalue weighted by Gasteiger charge is 2.15. The van der Waals surface area contributed by atoms with Gasteiger partial charge in [0.1, 0.15) is 5.15 Å². The number of carbonyl (C=O) groups is 1. The molecular weight excluding hydrogens is 208 g/mol. The first-order chi connectivity index (χ1) is 6.60. The number of nitrogens with zero attached hydrogens (tertiary/aromatic N) is 1. The summed E-state index contributed by atoms with van der Waals surface area (Å²) in [5.74, 6) is -0.766. The lowest BCUT2D eigenvalue weighted by molar-refractivity contribution is 0.0591. The number of aromatic nitrogens is 2. The normalized spacial score (nSPS) is 9.93. The van der Waals surface area contributed by atoms with Crippen molar-refractivity contribution in [3.63, 3.8) is 0 Å². The zero-order valence-electron chi connectivity index (χ0n) is 7.76. The minimum absolute atomic E-state index is 0.158. The van der Waals surface area contributed by atoms with Gasteiger partial charge >= 0.3 is 5.97 Å². The van der Waals surface area contributed by atoms with Crippen LogP contribution in [0.2, 0.25) is 5.15 Å². The van der Waals surface area contributed by atoms with E-state index < -0.39 is 11.5 Å². The lowest BCUT2D eigenvalue weighted by Gasteiger charge is -2.02. The van der Waals surface area contributed by atoms with Crippen molar-refractivity contribution in [2.24, 2.45) is 0 Å². The maximum atomic E-state index is 11.2. The molecule has 0 saturated heterocycles. The monoisotopic (exact) mass is 216 g/mol. The van der Waals surface area contributed by atoms with Crippen LogP contribution in [-0.4, -0.2) is 23.0 Å². The Morgan fingerprint density at radius 1 is 1.64 bits per heavy atom. The number of halogens is 1. The van der Waals surface area contributed by atoms with Crippen molar-refractivity contribution in [3.05, 3.63) is 26.9 Å². The molecule has 1 N–H and O–H groups in total. The number of carbonyl (C=O) groups excluding carboxylic acids is 1. The van der Waals surface area contributed by atoms with E-state index >= 15 is 0 Å². The number of rotatable bonds is 2. The van der Waals surface area contributed by atoms with Crippen molar-refractivity contribution in [3.8, 4) is 0 Å². The van der Waals surface area contributed by atoms with Crippen LogP contribution in [0.4, 0.5) is 0 Å². The van der Waals surface area contributed by atoms with Crippen LogP contribution in [0, 0.1) is 0 Å². The summed E-state index contributed by atoms with van der Waals surface area (Å²) in [6, 6.07) is 0. The average Bonchev–Trinajstić information content (AvgIpc) is 2.17. The Labute approximate surface area is 85.1 Å². The molecule has 0 aromatic carbocycles. The number of aromatic amines is 1. The summed E-state index contributed by atoms with van der Waals surface area (Å²) < 4.78 is 4.39. The standard InChI is InChI=1S/C8H9ClN2O3/c1-3-4-6(9)11-7(12)5(10-4)8(13)14-2/h3H2,1-2H3,(H,11,12). The van der Waals surface area contributed by atoms with Gasteiger partial charge in [-0.25, -0.2) is 9.78 Å². The SMILES string of the molecule is CCc1nc(C(=O)OC)c(=O)[nH]c1Cl. The number of hydrogen-bond donors (Lipinski definition) is 1. The van der Waals surface area contributed by atoms with Gasteiger partial charge in [0.25, 0.3) is 5.56 Å². The zero-order valence-corrected chi connectivity index (χ0v) is 8.51. The van der Waals surface area contributed by atoms with Crippen molar-refractivity contribution in [2.75, 3.05) is 7.11 Å². The van der Waals surface area contributed by atoms with Gasteiger partial charge in [0.05, 0.1) is 12.8 Å². The lowest BCUT2D eigenvalue weighted by Crippen LogP contribution is -2.22. The quantitative estimate of drug-likeness (QED) is 0.742. The fourth-order valence-electron chi connectivity index (χ4n) is 0.935. The molecule has 0 aliphatic carbocycles. The summed E-state index contributed by atoms with van der Waals surface area (Å²) in [6.45, 7) is 1.81. The van der Waals surface area contributed by atoms with Crippen LogP contribution >= 0.6 is 11.6 Å². The molecule has 0 atom stereocenters. The molecular formula is C8H9ClN2O3. The van der Waals surface area contributed by atoms with Crippen molar-refractivity contribution in [2.45, 2.75) is 13.3 Å². The first-order valence-electron chi connectivity index (χ1n) is 3.97. The first-order valence-corrected chi connectivity index (χ1v) is 4.35. The minimum atomic E-state index is -0.766. The Morgan fingerprint density at radius 2 is 2.29 bits per heavy atom. The summed E-state index contributed by atoms with van der Waals surface area (Å²) in [5.41, 5.74) is -0.445. The second kappa shape index (κ2) is 4.23. The van der Waals surface area contributed by atoms with Crippen LogP contribution in [0.5, 0.6) is 0 Å². The molecule has 0 aliphatic rings. The highest BCUT2D eigenvalue weighted by Crippen LogP contribution is 2.08. The van der Waals surface area contributed by atoms with Gasteiger partial charge in [-0.3, -0.25) is 4.79 Å². The minimum Gasteiger partial charge on any atom is -0.464 e. The largest absolute Gasteiger partial charge is 0.464 e. The van der Waals surface area contributed by atoms with Crippen molar-refractivity contribution in [1.82, 2.24) is 9.97 Å². The fourth-order valence-corrected chi connectivity index (χ4v) is 1.20. The van der Waals surface area contributed by atoms with E-state index in [1.165, 1.54) is 7.11 Å². The van der Waals surface area contributed by atoms with Crippen molar-refractivity contribution < 1.29 is 9.53 Å². The number of H-pyrrole nitrogens is 1. The summed E-state index contributed by atoms with van der Waals surface area (Å²) in [7, 11) is 1.18. The molecule has 6 heteroatoms. The highest BCUT2D eigenvalue weighted by atomic mass is 35.5. The second-order valence-corrected chi connectivity index (χ2v) is 2.90. The van der Waals surface area contributed by atoms with E-state index in [4.69, 9.17) is 11.6 Å². The number of hydrogen-bond acceptors (Lipinski definition) is 4. The number of methoxy groups -OCH3 is 1. The molecule has 1 aromatic heterocycles. The maximum Gasteiger partial charge on any atom is 0.362 e. The molecule has 1 rings (SSSR count). The maximum absolute atomic E-state index is 11.2. The van der Waals surface area contributed by atoms with E-state index in [-0.39, 0.29) is 10.8 Å². The van der Waals surface area contributed by atoms with Crippen LogP contribution < -0.4 is 5.56 Å². The van der Waals surface area contributed by atoms with Crippen LogP contribution in [0.1, 0.15) is 23.1 Å². The fraction of sp³-hybridized carbons (Fsp3) is 0.375. The molecule has 0 fully saturated rings. The van der Waals surface area contributed by atoms with Crippen LogP contribution in [0.3, 0.4) is 0 Å². The molecule has 76 valence electrons. The van der Waals surface area contributed by atoms with E-state index in [2.05, 4.69) is 14.7 Å². The summed E-state index contributed by atoms with van der Waals surface area (Å²) in [6.07, 6.45) is 0.527. The number of nitrogens with one attached hydrogen (secondary N) is 1. The van der Waals surface area contributed by atoms with Crippen LogP contribution in [-0.2, 0) is 11.2 Å². The van der Waals surface area contributed by atoms with Crippen LogP contribution in [0.25, 0.3) is 0 Å². The van der Waals surface area contributed by atoms with E-state index in [1.54, 1.807) is 0 Å². The van der Waals surface area contributed by atoms with Gasteiger partial charge < -0.3 is 9.72 Å².